The van der Waals surface area contributed by atoms with Gasteiger partial charge >= 0.3 is 0 Å². The van der Waals surface area contributed by atoms with Crippen molar-refractivity contribution in [2.45, 2.75) is 18.9 Å². The van der Waals surface area contributed by atoms with Gasteiger partial charge in [-0.3, -0.25) is 4.79 Å². The topological polar surface area (TPSA) is 29.5 Å². The third-order valence-corrected chi connectivity index (χ3v) is 4.06. The van der Waals surface area contributed by atoms with Crippen LogP contribution < -0.4 is 4.90 Å². The van der Waals surface area contributed by atoms with Gasteiger partial charge in [-0.1, -0.05) is 0 Å². The van der Waals surface area contributed by atoms with Crippen LogP contribution in [0, 0.1) is 0 Å². The summed E-state index contributed by atoms with van der Waals surface area (Å²) in [7, 11) is 1.75. The minimum Gasteiger partial charge on any atom is -0.383 e. The highest BCUT2D eigenvalue weighted by Gasteiger charge is 2.25. The Bertz CT molecular complexity index is 400. The Hall–Kier alpha value is -1.13. The van der Waals surface area contributed by atoms with Crippen LogP contribution >= 0.6 is 11.3 Å². The first-order chi connectivity index (χ1) is 8.35. The number of methoxy groups -OCH3 is 1. The summed E-state index contributed by atoms with van der Waals surface area (Å²) < 4.78 is 5.25. The molecule has 0 bridgehead atoms. The number of allylic oxidation sites excluding steroid dienone is 1. The summed E-state index contributed by atoms with van der Waals surface area (Å²) in [6.45, 7) is 1.89. The number of nitrogens with zero attached hydrogens (tertiary/aromatic N) is 1. The Morgan fingerprint density at radius 2 is 2.47 bits per heavy atom. The lowest BCUT2D eigenvalue weighted by molar-refractivity contribution is -0.104. The first kappa shape index (κ1) is 12.3. The van der Waals surface area contributed by atoms with Crippen LogP contribution in [0.5, 0.6) is 0 Å². The van der Waals surface area contributed by atoms with Gasteiger partial charge in [0.1, 0.15) is 6.29 Å². The molecule has 1 saturated heterocycles. The van der Waals surface area contributed by atoms with Gasteiger partial charge in [0.05, 0.1) is 17.6 Å². The summed E-state index contributed by atoms with van der Waals surface area (Å²) in [5.74, 6) is 0. The molecule has 2 heterocycles. The third-order valence-electron chi connectivity index (χ3n) is 2.97. The Balaban J connectivity index is 2.08. The van der Waals surface area contributed by atoms with Gasteiger partial charge in [-0.2, -0.15) is 0 Å². The molecule has 3 nitrogen and oxygen atoms in total. The van der Waals surface area contributed by atoms with Crippen molar-refractivity contribution in [3.63, 3.8) is 0 Å². The highest BCUT2D eigenvalue weighted by atomic mass is 32.1. The van der Waals surface area contributed by atoms with E-state index < -0.39 is 0 Å². The minimum absolute atomic E-state index is 0.501. The number of anilines is 1. The maximum Gasteiger partial charge on any atom is 0.142 e. The van der Waals surface area contributed by atoms with Crippen LogP contribution in [0.4, 0.5) is 5.00 Å². The zero-order chi connectivity index (χ0) is 12.1. The van der Waals surface area contributed by atoms with Crippen molar-refractivity contribution in [3.8, 4) is 0 Å². The Morgan fingerprint density at radius 1 is 1.59 bits per heavy atom. The van der Waals surface area contributed by atoms with Gasteiger partial charge < -0.3 is 9.64 Å². The van der Waals surface area contributed by atoms with E-state index in [2.05, 4.69) is 17.0 Å². The van der Waals surface area contributed by atoms with E-state index in [9.17, 15) is 4.79 Å². The smallest absolute Gasteiger partial charge is 0.142 e. The predicted molar refractivity (Wildman–Crippen MR) is 71.7 cm³/mol. The van der Waals surface area contributed by atoms with Crippen LogP contribution in [0.3, 0.4) is 0 Å². The second-order valence-corrected chi connectivity index (χ2v) is 5.21. The fourth-order valence-corrected chi connectivity index (χ4v) is 3.23. The number of rotatable bonds is 5. The van der Waals surface area contributed by atoms with Gasteiger partial charge in [0.25, 0.3) is 0 Å². The highest BCUT2D eigenvalue weighted by molar-refractivity contribution is 7.16. The number of hydrogen-bond acceptors (Lipinski definition) is 4. The Kier molecular flexibility index (Phi) is 4.34. The van der Waals surface area contributed by atoms with Crippen LogP contribution in [0.15, 0.2) is 18.2 Å². The molecule has 0 unspecified atom stereocenters. The third kappa shape index (κ3) is 2.96. The first-order valence-electron chi connectivity index (χ1n) is 5.82. The van der Waals surface area contributed by atoms with E-state index in [4.69, 9.17) is 4.74 Å². The predicted octanol–water partition coefficient (Wildman–Crippen LogP) is 2.58. The SMILES string of the molecule is COC[C@H]1CCCN1c1ccc(/C=C/C=O)s1. The molecule has 0 aromatic carbocycles. The van der Waals surface area contributed by atoms with Gasteiger partial charge in [-0.15, -0.1) is 11.3 Å². The molecule has 1 aliphatic rings. The van der Waals surface area contributed by atoms with Gasteiger partial charge in [0.15, 0.2) is 0 Å². The average molecular weight is 251 g/mol. The van der Waals surface area contributed by atoms with E-state index in [0.29, 0.717) is 6.04 Å². The standard InChI is InChI=1S/C13H17NO2S/c1-16-10-11-4-2-8-14(11)13-7-6-12(17-13)5-3-9-15/h3,5-7,9,11H,2,4,8,10H2,1H3/b5-3+/t11-/m1/s1. The van der Waals surface area contributed by atoms with Gasteiger partial charge in [0.2, 0.25) is 0 Å². The van der Waals surface area contributed by atoms with Crippen molar-refractivity contribution in [2.24, 2.45) is 0 Å². The Labute approximate surface area is 106 Å². The summed E-state index contributed by atoms with van der Waals surface area (Å²) in [6, 6.07) is 4.69. The van der Waals surface area contributed by atoms with Gasteiger partial charge in [0, 0.05) is 18.5 Å². The summed E-state index contributed by atoms with van der Waals surface area (Å²) in [5.41, 5.74) is 0. The molecule has 0 radical (unpaired) electrons. The number of ether oxygens (including phenoxy) is 1. The molecule has 0 saturated carbocycles. The molecular weight excluding hydrogens is 234 g/mol. The summed E-state index contributed by atoms with van der Waals surface area (Å²) in [4.78, 5) is 13.8. The number of carbonyl (C=O) groups is 1. The molecule has 0 spiro atoms. The van der Waals surface area contributed by atoms with Gasteiger partial charge in [-0.05, 0) is 37.1 Å². The second-order valence-electron chi connectivity index (χ2n) is 4.12. The van der Waals surface area contributed by atoms with E-state index in [1.807, 2.05) is 6.08 Å². The molecule has 1 aromatic rings. The molecule has 2 rings (SSSR count). The maximum absolute atomic E-state index is 10.3. The lowest BCUT2D eigenvalue weighted by atomic mass is 10.2. The van der Waals surface area contributed by atoms with E-state index in [1.165, 1.54) is 23.9 Å². The normalized spacial score (nSPS) is 20.3. The second kappa shape index (κ2) is 5.98. The van der Waals surface area contributed by atoms with Gasteiger partial charge in [-0.25, -0.2) is 0 Å². The lowest BCUT2D eigenvalue weighted by Crippen LogP contribution is -2.31. The summed E-state index contributed by atoms with van der Waals surface area (Å²) in [5, 5.41) is 1.27. The molecule has 1 atom stereocenters. The molecule has 1 aromatic heterocycles. The maximum atomic E-state index is 10.3. The van der Waals surface area contributed by atoms with Crippen molar-refractivity contribution in [3.05, 3.63) is 23.1 Å². The largest absolute Gasteiger partial charge is 0.383 e. The molecule has 1 aliphatic heterocycles. The molecule has 17 heavy (non-hydrogen) atoms. The number of carbonyl (C=O) groups excluding carboxylic acids is 1. The number of aldehydes is 1. The average Bonchev–Trinajstić information content (AvgIpc) is 2.95. The molecule has 0 N–H and O–H groups in total. The van der Waals surface area contributed by atoms with Crippen molar-refractivity contribution in [2.75, 3.05) is 25.2 Å². The molecule has 4 heteroatoms. The quantitative estimate of drug-likeness (QED) is 0.595. The minimum atomic E-state index is 0.501. The fourth-order valence-electron chi connectivity index (χ4n) is 2.21. The zero-order valence-electron chi connectivity index (χ0n) is 9.96. The molecule has 0 amide bonds. The first-order valence-corrected chi connectivity index (χ1v) is 6.64. The van der Waals surface area contributed by atoms with Crippen molar-refractivity contribution in [1.82, 2.24) is 0 Å². The molecular formula is C13H17NO2S. The lowest BCUT2D eigenvalue weighted by Gasteiger charge is -2.24. The molecule has 1 fully saturated rings. The summed E-state index contributed by atoms with van der Waals surface area (Å²) >= 11 is 1.72. The van der Waals surface area contributed by atoms with Crippen molar-refractivity contribution < 1.29 is 9.53 Å². The monoisotopic (exact) mass is 251 g/mol. The van der Waals surface area contributed by atoms with E-state index in [0.717, 1.165) is 24.3 Å². The fraction of sp³-hybridized carbons (Fsp3) is 0.462. The van der Waals surface area contributed by atoms with E-state index >= 15 is 0 Å². The zero-order valence-corrected chi connectivity index (χ0v) is 10.8. The Morgan fingerprint density at radius 3 is 3.24 bits per heavy atom. The highest BCUT2D eigenvalue weighted by Crippen LogP contribution is 2.32. The van der Waals surface area contributed by atoms with Crippen LogP contribution in [-0.2, 0) is 9.53 Å². The number of thiophene rings is 1. The number of hydrogen-bond donors (Lipinski definition) is 0. The summed E-state index contributed by atoms with van der Waals surface area (Å²) in [6.07, 6.45) is 6.62. The molecule has 92 valence electrons. The molecule has 0 aliphatic carbocycles. The van der Waals surface area contributed by atoms with Crippen LogP contribution in [0.1, 0.15) is 17.7 Å². The van der Waals surface area contributed by atoms with E-state index in [1.54, 1.807) is 18.4 Å². The van der Waals surface area contributed by atoms with E-state index in [-0.39, 0.29) is 0 Å². The van der Waals surface area contributed by atoms with Crippen molar-refractivity contribution >= 4 is 28.7 Å². The van der Waals surface area contributed by atoms with Crippen molar-refractivity contribution in [1.29, 1.82) is 0 Å². The van der Waals surface area contributed by atoms with Crippen LogP contribution in [-0.4, -0.2) is 32.6 Å². The van der Waals surface area contributed by atoms with Crippen LogP contribution in [0.2, 0.25) is 0 Å². The van der Waals surface area contributed by atoms with Crippen LogP contribution in [0.25, 0.3) is 6.08 Å².